The predicted molar refractivity (Wildman–Crippen MR) is 251 cm³/mol. The summed E-state index contributed by atoms with van der Waals surface area (Å²) in [5, 5.41) is 7.72. The Bertz CT molecular complexity index is 3040. The normalized spacial score (nSPS) is 16.6. The van der Waals surface area contributed by atoms with Crippen LogP contribution in [0.1, 0.15) is 37.8 Å². The lowest BCUT2D eigenvalue weighted by Crippen LogP contribution is -2.25. The molecule has 8 aromatic carbocycles. The molecule has 0 N–H and O–H groups in total. The van der Waals surface area contributed by atoms with Crippen molar-refractivity contribution >= 4 is 44.1 Å². The van der Waals surface area contributed by atoms with Crippen LogP contribution >= 0.6 is 0 Å². The van der Waals surface area contributed by atoms with Crippen molar-refractivity contribution in [1.82, 2.24) is 0 Å². The molecule has 0 saturated carbocycles. The lowest BCUT2D eigenvalue weighted by atomic mass is 9.77. The summed E-state index contributed by atoms with van der Waals surface area (Å²) in [5.74, 6) is 0. The number of rotatable bonds is 7. The summed E-state index contributed by atoms with van der Waals surface area (Å²) < 4.78 is 0. The van der Waals surface area contributed by atoms with Gasteiger partial charge in [0.25, 0.3) is 0 Å². The molecule has 8 aromatic rings. The van der Waals surface area contributed by atoms with E-state index < -0.39 is 0 Å². The average molecular weight is 744 g/mol. The van der Waals surface area contributed by atoms with Crippen molar-refractivity contribution < 1.29 is 0 Å². The monoisotopic (exact) mass is 743 g/mol. The van der Waals surface area contributed by atoms with Crippen molar-refractivity contribution in [2.75, 3.05) is 6.54 Å². The summed E-state index contributed by atoms with van der Waals surface area (Å²) in [6.07, 6.45) is 12.9. The zero-order valence-electron chi connectivity index (χ0n) is 33.2. The maximum atomic E-state index is 4.72. The van der Waals surface area contributed by atoms with Crippen LogP contribution in [0.5, 0.6) is 0 Å². The zero-order valence-corrected chi connectivity index (χ0v) is 33.2. The second kappa shape index (κ2) is 14.6. The molecule has 0 bridgehead atoms. The van der Waals surface area contributed by atoms with E-state index in [2.05, 4.69) is 202 Å². The minimum atomic E-state index is -0.216. The fourth-order valence-electron chi connectivity index (χ4n) is 9.31. The smallest absolute Gasteiger partial charge is 0.0518 e. The van der Waals surface area contributed by atoms with E-state index >= 15 is 0 Å². The summed E-state index contributed by atoms with van der Waals surface area (Å²) in [6, 6.07) is 58.6. The van der Waals surface area contributed by atoms with Gasteiger partial charge in [0.2, 0.25) is 0 Å². The van der Waals surface area contributed by atoms with Crippen LogP contribution in [0.3, 0.4) is 0 Å². The number of dihydropyridines is 1. The first-order valence-corrected chi connectivity index (χ1v) is 20.5. The van der Waals surface area contributed by atoms with Gasteiger partial charge in [-0.1, -0.05) is 195 Å². The third kappa shape index (κ3) is 6.24. The number of allylic oxidation sites excluding steroid dienone is 6. The minimum absolute atomic E-state index is 0.216. The molecule has 0 fully saturated rings. The standard InChI is InChI=1S/C57H45N/c1-4-39-30-38(2)31-41(32-39)42-33-43(35-44(34-42)57(3)28-15-29-58-37-57)46-17-6-8-19-48(46)50-21-10-9-20-49(50)47-18-7-5-16-45(47)40-26-27-55-53-24-12-11-22-51(53)52-23-13-14-25-54(52)56(55)36-40/h5-29,31-36H,2,4,30,37H2,1,3H3. The molecular weight excluding hydrogens is 699 g/mol. The van der Waals surface area contributed by atoms with E-state index in [1.807, 2.05) is 6.21 Å². The average Bonchev–Trinajstić information content (AvgIpc) is 3.29. The first kappa shape index (κ1) is 35.6. The van der Waals surface area contributed by atoms with E-state index in [0.29, 0.717) is 0 Å². The Labute approximate surface area is 341 Å². The molecule has 0 amide bonds. The molecule has 0 radical (unpaired) electrons. The van der Waals surface area contributed by atoms with E-state index in [-0.39, 0.29) is 5.41 Å². The summed E-state index contributed by atoms with van der Waals surface area (Å²) in [7, 11) is 0. The van der Waals surface area contributed by atoms with Crippen LogP contribution in [0.15, 0.2) is 205 Å². The van der Waals surface area contributed by atoms with E-state index in [9.17, 15) is 0 Å². The maximum absolute atomic E-state index is 4.72. The Balaban J connectivity index is 1.14. The van der Waals surface area contributed by atoms with Crippen molar-refractivity contribution in [1.29, 1.82) is 0 Å². The number of hydrogen-bond donors (Lipinski definition) is 0. The highest BCUT2D eigenvalue weighted by atomic mass is 14.7. The quantitative estimate of drug-likeness (QED) is 0.144. The van der Waals surface area contributed by atoms with Crippen LogP contribution in [0.4, 0.5) is 0 Å². The molecule has 0 saturated heterocycles. The van der Waals surface area contributed by atoms with Crippen LogP contribution in [0, 0.1) is 0 Å². The van der Waals surface area contributed by atoms with Gasteiger partial charge >= 0.3 is 0 Å². The topological polar surface area (TPSA) is 12.4 Å². The molecule has 1 aliphatic heterocycles. The van der Waals surface area contributed by atoms with Gasteiger partial charge in [0.05, 0.1) is 6.54 Å². The molecule has 0 aromatic heterocycles. The molecule has 1 unspecified atom stereocenters. The van der Waals surface area contributed by atoms with E-state index in [1.54, 1.807) is 0 Å². The number of nitrogens with zero attached hydrogens (tertiary/aromatic N) is 1. The second-order valence-electron chi connectivity index (χ2n) is 16.1. The molecule has 58 heavy (non-hydrogen) atoms. The summed E-state index contributed by atoms with van der Waals surface area (Å²) >= 11 is 0. The van der Waals surface area contributed by atoms with Gasteiger partial charge in [-0.15, -0.1) is 0 Å². The van der Waals surface area contributed by atoms with Gasteiger partial charge in [-0.3, -0.25) is 4.99 Å². The molecule has 1 heterocycles. The fourth-order valence-corrected chi connectivity index (χ4v) is 9.31. The van der Waals surface area contributed by atoms with Crippen LogP contribution in [0.2, 0.25) is 0 Å². The fraction of sp³-hybridized carbons (Fsp3) is 0.105. The molecular formula is C57H45N. The number of fused-ring (bicyclic) bond motifs is 6. The lowest BCUT2D eigenvalue weighted by molar-refractivity contribution is 0.606. The van der Waals surface area contributed by atoms with Gasteiger partial charge in [-0.05, 0) is 125 Å². The summed E-state index contributed by atoms with van der Waals surface area (Å²) in [4.78, 5) is 4.72. The van der Waals surface area contributed by atoms with Crippen LogP contribution in [-0.2, 0) is 5.41 Å². The van der Waals surface area contributed by atoms with Crippen molar-refractivity contribution in [2.24, 2.45) is 4.99 Å². The SMILES string of the molecule is C=C1C=C(c2cc(-c3ccccc3-c3ccccc3-c3ccccc3-c3ccc4c5ccccc5c5ccccc5c4c3)cc(C3(C)C=CC=NC3)c2)C=C(CC)C1. The molecule has 0 spiro atoms. The maximum Gasteiger partial charge on any atom is 0.0518 e. The second-order valence-corrected chi connectivity index (χ2v) is 16.1. The van der Waals surface area contributed by atoms with Gasteiger partial charge in [-0.25, -0.2) is 0 Å². The Morgan fingerprint density at radius 3 is 1.59 bits per heavy atom. The van der Waals surface area contributed by atoms with Gasteiger partial charge in [0.15, 0.2) is 0 Å². The number of aliphatic imine (C=N–C) groups is 1. The summed E-state index contributed by atoms with van der Waals surface area (Å²) in [6.45, 7) is 9.67. The van der Waals surface area contributed by atoms with Crippen molar-refractivity contribution in [3.8, 4) is 44.5 Å². The van der Waals surface area contributed by atoms with Gasteiger partial charge in [-0.2, -0.15) is 0 Å². The molecule has 1 aliphatic carbocycles. The van der Waals surface area contributed by atoms with Crippen LogP contribution < -0.4 is 0 Å². The molecule has 1 nitrogen and oxygen atoms in total. The van der Waals surface area contributed by atoms with Crippen molar-refractivity contribution in [3.05, 3.63) is 211 Å². The van der Waals surface area contributed by atoms with Gasteiger partial charge in [0, 0.05) is 11.6 Å². The Hall–Kier alpha value is -6.83. The molecule has 278 valence electrons. The first-order valence-electron chi connectivity index (χ1n) is 20.5. The zero-order chi connectivity index (χ0) is 39.2. The highest BCUT2D eigenvalue weighted by Gasteiger charge is 2.27. The van der Waals surface area contributed by atoms with Crippen LogP contribution in [0.25, 0.3) is 82.4 Å². The van der Waals surface area contributed by atoms with Crippen LogP contribution in [-0.4, -0.2) is 12.8 Å². The lowest BCUT2D eigenvalue weighted by Gasteiger charge is -2.28. The molecule has 1 atom stereocenters. The van der Waals surface area contributed by atoms with Crippen molar-refractivity contribution in [2.45, 2.75) is 32.1 Å². The Kier molecular flexibility index (Phi) is 8.95. The molecule has 10 rings (SSSR count). The largest absolute Gasteiger partial charge is 0.292 e. The minimum Gasteiger partial charge on any atom is -0.292 e. The van der Waals surface area contributed by atoms with Gasteiger partial charge < -0.3 is 0 Å². The van der Waals surface area contributed by atoms with E-state index in [4.69, 9.17) is 4.99 Å². The highest BCUT2D eigenvalue weighted by Crippen LogP contribution is 2.45. The Morgan fingerprint density at radius 1 is 0.517 bits per heavy atom. The Morgan fingerprint density at radius 2 is 1.02 bits per heavy atom. The summed E-state index contributed by atoms with van der Waals surface area (Å²) in [5.41, 5.74) is 15.8. The van der Waals surface area contributed by atoms with Crippen molar-refractivity contribution in [3.63, 3.8) is 0 Å². The highest BCUT2D eigenvalue weighted by molar-refractivity contribution is 6.25. The predicted octanol–water partition coefficient (Wildman–Crippen LogP) is 15.4. The molecule has 2 aliphatic rings. The molecule has 1 heteroatoms. The van der Waals surface area contributed by atoms with E-state index in [1.165, 1.54) is 99.1 Å². The third-order valence-corrected chi connectivity index (χ3v) is 12.4. The number of benzene rings is 8. The third-order valence-electron chi connectivity index (χ3n) is 12.4. The van der Waals surface area contributed by atoms with Gasteiger partial charge in [0.1, 0.15) is 0 Å². The first-order chi connectivity index (χ1) is 28.5. The number of hydrogen-bond acceptors (Lipinski definition) is 1. The van der Waals surface area contributed by atoms with E-state index in [0.717, 1.165) is 25.0 Å².